The molecule has 1 aromatic carbocycles. The maximum absolute atomic E-state index is 12.8. The van der Waals surface area contributed by atoms with Gasteiger partial charge in [-0.25, -0.2) is 4.98 Å². The minimum Gasteiger partial charge on any atom is -0.497 e. The van der Waals surface area contributed by atoms with Crippen molar-refractivity contribution in [2.24, 2.45) is 7.05 Å². The maximum Gasteiger partial charge on any atom is 0.262 e. The van der Waals surface area contributed by atoms with Gasteiger partial charge in [-0.2, -0.15) is 0 Å². The molecule has 0 spiro atoms. The summed E-state index contributed by atoms with van der Waals surface area (Å²) < 4.78 is 12.6. The number of nitrogens with zero attached hydrogens (tertiary/aromatic N) is 2. The minimum atomic E-state index is -0.436. The molecule has 0 radical (unpaired) electrons. The second-order valence-electron chi connectivity index (χ2n) is 5.86. The number of rotatable bonds is 6. The second kappa shape index (κ2) is 7.61. The van der Waals surface area contributed by atoms with E-state index < -0.39 is 6.04 Å². The van der Waals surface area contributed by atoms with Gasteiger partial charge < -0.3 is 19.4 Å². The SMILES string of the molecule is COc1cc(OC)cc(C(NC(=O)c2ccc(C)s2)c2nccn2C)c1. The van der Waals surface area contributed by atoms with Gasteiger partial charge in [0, 0.05) is 30.4 Å². The van der Waals surface area contributed by atoms with Crippen LogP contribution in [-0.4, -0.2) is 29.7 Å². The molecule has 7 heteroatoms. The summed E-state index contributed by atoms with van der Waals surface area (Å²) in [6.07, 6.45) is 3.56. The maximum atomic E-state index is 12.8. The molecule has 136 valence electrons. The molecule has 6 nitrogen and oxygen atoms in total. The van der Waals surface area contributed by atoms with Crippen molar-refractivity contribution in [2.45, 2.75) is 13.0 Å². The number of ether oxygens (including phenoxy) is 2. The molecule has 0 aliphatic heterocycles. The summed E-state index contributed by atoms with van der Waals surface area (Å²) in [6, 6.07) is 8.88. The lowest BCUT2D eigenvalue weighted by Crippen LogP contribution is -2.30. The largest absolute Gasteiger partial charge is 0.497 e. The summed E-state index contributed by atoms with van der Waals surface area (Å²) in [5.74, 6) is 1.89. The van der Waals surface area contributed by atoms with E-state index in [1.165, 1.54) is 11.3 Å². The standard InChI is InChI=1S/C19H21N3O3S/c1-12-5-6-16(26-12)19(23)21-17(18-20-7-8-22(18)2)13-9-14(24-3)11-15(10-13)25-4/h5-11,17H,1-4H3,(H,21,23). The van der Waals surface area contributed by atoms with Gasteiger partial charge in [-0.15, -0.1) is 11.3 Å². The highest BCUT2D eigenvalue weighted by Gasteiger charge is 2.23. The molecule has 2 aromatic heterocycles. The van der Waals surface area contributed by atoms with E-state index in [1.807, 2.05) is 49.0 Å². The Morgan fingerprint density at radius 2 is 1.88 bits per heavy atom. The summed E-state index contributed by atoms with van der Waals surface area (Å²) in [4.78, 5) is 18.9. The molecule has 2 heterocycles. The van der Waals surface area contributed by atoms with Gasteiger partial charge >= 0.3 is 0 Å². The molecule has 26 heavy (non-hydrogen) atoms. The number of aryl methyl sites for hydroxylation is 2. The Hall–Kier alpha value is -2.80. The summed E-state index contributed by atoms with van der Waals surface area (Å²) in [5, 5.41) is 3.09. The predicted octanol–water partition coefficient (Wildman–Crippen LogP) is 3.33. The van der Waals surface area contributed by atoms with Gasteiger partial charge in [-0.05, 0) is 36.8 Å². The number of methoxy groups -OCH3 is 2. The lowest BCUT2D eigenvalue weighted by molar-refractivity contribution is 0.0945. The zero-order chi connectivity index (χ0) is 18.7. The Morgan fingerprint density at radius 3 is 2.38 bits per heavy atom. The van der Waals surface area contributed by atoms with Crippen LogP contribution in [0.2, 0.25) is 0 Å². The Morgan fingerprint density at radius 1 is 1.19 bits per heavy atom. The normalized spacial score (nSPS) is 11.8. The highest BCUT2D eigenvalue weighted by Crippen LogP contribution is 2.30. The number of carbonyl (C=O) groups is 1. The Balaban J connectivity index is 2.02. The van der Waals surface area contributed by atoms with Gasteiger partial charge in [0.1, 0.15) is 23.4 Å². The Kier molecular flexibility index (Phi) is 5.27. The quantitative estimate of drug-likeness (QED) is 0.722. The molecule has 0 bridgehead atoms. The lowest BCUT2D eigenvalue weighted by atomic mass is 10.0. The van der Waals surface area contributed by atoms with Crippen LogP contribution in [0.25, 0.3) is 0 Å². The van der Waals surface area contributed by atoms with E-state index in [9.17, 15) is 4.79 Å². The number of amides is 1. The zero-order valence-electron chi connectivity index (χ0n) is 15.1. The third-order valence-electron chi connectivity index (χ3n) is 4.06. The van der Waals surface area contributed by atoms with Crippen LogP contribution in [0.4, 0.5) is 0 Å². The van der Waals surface area contributed by atoms with Gasteiger partial charge in [0.15, 0.2) is 0 Å². The number of hydrogen-bond acceptors (Lipinski definition) is 5. The first-order valence-electron chi connectivity index (χ1n) is 8.09. The molecule has 1 unspecified atom stereocenters. The van der Waals surface area contributed by atoms with Crippen molar-refractivity contribution < 1.29 is 14.3 Å². The first-order chi connectivity index (χ1) is 12.5. The summed E-state index contributed by atoms with van der Waals surface area (Å²) >= 11 is 1.46. The van der Waals surface area contributed by atoms with E-state index in [4.69, 9.17) is 9.47 Å². The molecular formula is C19H21N3O3S. The number of aromatic nitrogens is 2. The molecular weight excluding hydrogens is 350 g/mol. The van der Waals surface area contributed by atoms with Crippen LogP contribution in [-0.2, 0) is 7.05 Å². The van der Waals surface area contributed by atoms with Gasteiger partial charge in [0.2, 0.25) is 0 Å². The second-order valence-corrected chi connectivity index (χ2v) is 7.15. The fourth-order valence-electron chi connectivity index (χ4n) is 2.71. The van der Waals surface area contributed by atoms with E-state index in [-0.39, 0.29) is 5.91 Å². The van der Waals surface area contributed by atoms with Gasteiger partial charge in [0.05, 0.1) is 19.1 Å². The number of hydrogen-bond donors (Lipinski definition) is 1. The highest BCUT2D eigenvalue weighted by atomic mass is 32.1. The van der Waals surface area contributed by atoms with Crippen molar-refractivity contribution >= 4 is 17.2 Å². The fourth-order valence-corrected chi connectivity index (χ4v) is 3.48. The first kappa shape index (κ1) is 18.0. The highest BCUT2D eigenvalue weighted by molar-refractivity contribution is 7.13. The lowest BCUT2D eigenvalue weighted by Gasteiger charge is -2.20. The van der Waals surface area contributed by atoms with Crippen LogP contribution in [0.1, 0.15) is 32.0 Å². The summed E-state index contributed by atoms with van der Waals surface area (Å²) in [7, 11) is 5.09. The Bertz CT molecular complexity index is 894. The van der Waals surface area contributed by atoms with Crippen LogP contribution in [0, 0.1) is 6.92 Å². The first-order valence-corrected chi connectivity index (χ1v) is 8.91. The van der Waals surface area contributed by atoms with Gasteiger partial charge in [-0.1, -0.05) is 0 Å². The number of nitrogens with one attached hydrogen (secondary N) is 1. The van der Waals surface area contributed by atoms with Crippen LogP contribution >= 0.6 is 11.3 Å². The molecule has 0 saturated carbocycles. The molecule has 0 aliphatic rings. The number of benzene rings is 1. The topological polar surface area (TPSA) is 65.4 Å². The Labute approximate surface area is 156 Å². The molecule has 0 aliphatic carbocycles. The number of imidazole rings is 1. The van der Waals surface area contributed by atoms with Crippen LogP contribution < -0.4 is 14.8 Å². The fraction of sp³-hybridized carbons (Fsp3) is 0.263. The van der Waals surface area contributed by atoms with Crippen molar-refractivity contribution in [1.82, 2.24) is 14.9 Å². The van der Waals surface area contributed by atoms with Gasteiger partial charge in [-0.3, -0.25) is 4.79 Å². The molecule has 0 fully saturated rings. The molecule has 3 rings (SSSR count). The van der Waals surface area contributed by atoms with Crippen molar-refractivity contribution in [1.29, 1.82) is 0 Å². The molecule has 0 saturated heterocycles. The van der Waals surface area contributed by atoms with Crippen LogP contribution in [0.15, 0.2) is 42.7 Å². The molecule has 1 amide bonds. The zero-order valence-corrected chi connectivity index (χ0v) is 16.0. The molecule has 1 N–H and O–H groups in total. The van der Waals surface area contributed by atoms with E-state index >= 15 is 0 Å². The summed E-state index contributed by atoms with van der Waals surface area (Å²) in [6.45, 7) is 1.98. The van der Waals surface area contributed by atoms with Crippen molar-refractivity contribution in [3.8, 4) is 11.5 Å². The monoisotopic (exact) mass is 371 g/mol. The third-order valence-corrected chi connectivity index (χ3v) is 5.06. The van der Waals surface area contributed by atoms with Crippen molar-refractivity contribution in [2.75, 3.05) is 14.2 Å². The van der Waals surface area contributed by atoms with Crippen LogP contribution in [0.3, 0.4) is 0 Å². The van der Waals surface area contributed by atoms with E-state index in [0.29, 0.717) is 16.4 Å². The molecule has 1 atom stereocenters. The van der Waals surface area contributed by atoms with Crippen molar-refractivity contribution in [3.63, 3.8) is 0 Å². The third kappa shape index (κ3) is 3.72. The van der Waals surface area contributed by atoms with Crippen LogP contribution in [0.5, 0.6) is 11.5 Å². The van der Waals surface area contributed by atoms with Gasteiger partial charge in [0.25, 0.3) is 5.91 Å². The minimum absolute atomic E-state index is 0.141. The van der Waals surface area contributed by atoms with E-state index in [2.05, 4.69) is 10.3 Å². The smallest absolute Gasteiger partial charge is 0.262 e. The molecule has 3 aromatic rings. The number of thiophene rings is 1. The average Bonchev–Trinajstić information content (AvgIpc) is 3.27. The van der Waals surface area contributed by atoms with E-state index in [1.54, 1.807) is 26.5 Å². The summed E-state index contributed by atoms with van der Waals surface area (Å²) in [5.41, 5.74) is 0.831. The predicted molar refractivity (Wildman–Crippen MR) is 101 cm³/mol. The van der Waals surface area contributed by atoms with E-state index in [0.717, 1.165) is 16.3 Å². The number of carbonyl (C=O) groups excluding carboxylic acids is 1. The van der Waals surface area contributed by atoms with Crippen molar-refractivity contribution in [3.05, 3.63) is 63.9 Å². The average molecular weight is 371 g/mol.